The third-order valence-corrected chi connectivity index (χ3v) is 1.41. The van der Waals surface area contributed by atoms with Gasteiger partial charge in [0.15, 0.2) is 5.52 Å². The molecule has 0 radical (unpaired) electrons. The zero-order valence-electron chi connectivity index (χ0n) is 5.16. The third kappa shape index (κ3) is 0.556. The highest BCUT2D eigenvalue weighted by Gasteiger charge is 2.02. The monoisotopic (exact) mass is 136 g/mol. The van der Waals surface area contributed by atoms with E-state index in [1.54, 1.807) is 6.07 Å². The van der Waals surface area contributed by atoms with Gasteiger partial charge in [0, 0.05) is 0 Å². The SMILES string of the molecule is O=[n+]1[nH][nH]c2ccccc21. The first-order valence-electron chi connectivity index (χ1n) is 2.96. The summed E-state index contributed by atoms with van der Waals surface area (Å²) in [6, 6.07) is 7.26. The molecule has 0 unspecified atom stereocenters. The molecule has 2 N–H and O–H groups in total. The third-order valence-electron chi connectivity index (χ3n) is 1.41. The van der Waals surface area contributed by atoms with Crippen molar-refractivity contribution in [3.05, 3.63) is 29.2 Å². The summed E-state index contributed by atoms with van der Waals surface area (Å²) in [6.07, 6.45) is 0. The van der Waals surface area contributed by atoms with Crippen LogP contribution < -0.4 is 4.54 Å². The van der Waals surface area contributed by atoms with E-state index in [0.717, 1.165) is 5.52 Å². The molecule has 0 atom stereocenters. The van der Waals surface area contributed by atoms with Crippen LogP contribution in [0.2, 0.25) is 0 Å². The molecule has 0 fully saturated rings. The average molecular weight is 136 g/mol. The molecule has 0 saturated heterocycles. The van der Waals surface area contributed by atoms with Crippen molar-refractivity contribution in [1.29, 1.82) is 0 Å². The van der Waals surface area contributed by atoms with Crippen LogP contribution in [0.15, 0.2) is 24.3 Å². The summed E-state index contributed by atoms with van der Waals surface area (Å²) in [5.41, 5.74) is 1.44. The number of benzene rings is 1. The van der Waals surface area contributed by atoms with Crippen molar-refractivity contribution in [2.45, 2.75) is 0 Å². The lowest BCUT2D eigenvalue weighted by Crippen LogP contribution is -2.14. The summed E-state index contributed by atoms with van der Waals surface area (Å²) in [6.45, 7) is 0. The van der Waals surface area contributed by atoms with E-state index in [1.165, 1.54) is 0 Å². The summed E-state index contributed by atoms with van der Waals surface area (Å²) >= 11 is 0. The highest BCUT2D eigenvalue weighted by Crippen LogP contribution is 2.01. The minimum Gasteiger partial charge on any atom is -0.169 e. The molecule has 10 heavy (non-hydrogen) atoms. The maximum Gasteiger partial charge on any atom is 0.249 e. The number of fused-ring (bicyclic) bond motifs is 1. The summed E-state index contributed by atoms with van der Waals surface area (Å²) in [4.78, 5) is 10.8. The minimum absolute atomic E-state index is 0.627. The van der Waals surface area contributed by atoms with Crippen LogP contribution in [0, 0.1) is 4.91 Å². The van der Waals surface area contributed by atoms with E-state index in [9.17, 15) is 4.91 Å². The van der Waals surface area contributed by atoms with Crippen LogP contribution in [0.1, 0.15) is 0 Å². The molecule has 0 saturated carbocycles. The molecular formula is C6H6N3O+. The molecule has 0 aliphatic carbocycles. The van der Waals surface area contributed by atoms with Gasteiger partial charge in [0.25, 0.3) is 0 Å². The first kappa shape index (κ1) is 5.22. The highest BCUT2D eigenvalue weighted by atomic mass is 16.3. The number of hydrogen-bond acceptors (Lipinski definition) is 1. The van der Waals surface area contributed by atoms with Crippen molar-refractivity contribution in [2.24, 2.45) is 0 Å². The molecule has 1 aromatic heterocycles. The zero-order valence-corrected chi connectivity index (χ0v) is 5.16. The predicted octanol–water partition coefficient (Wildman–Crippen LogP) is 0.410. The standard InChI is InChI=1S/C6H6N3O/c10-9-6-4-2-1-3-5(6)7-8-9/h1-4H,(H2,7,8,10)/q+1. The Kier molecular flexibility index (Phi) is 0.887. The largest absolute Gasteiger partial charge is 0.249 e. The second-order valence-corrected chi connectivity index (χ2v) is 2.05. The van der Waals surface area contributed by atoms with Crippen LogP contribution in [0.4, 0.5) is 0 Å². The topological polar surface area (TPSA) is 54.6 Å². The van der Waals surface area contributed by atoms with Gasteiger partial charge in [0.1, 0.15) is 0 Å². The number of nitrogens with one attached hydrogen (secondary N) is 2. The molecule has 0 spiro atoms. The second kappa shape index (κ2) is 1.70. The Hall–Kier alpha value is -1.58. The van der Waals surface area contributed by atoms with Gasteiger partial charge in [-0.3, -0.25) is 0 Å². The lowest BCUT2D eigenvalue weighted by Gasteiger charge is -1.73. The van der Waals surface area contributed by atoms with Crippen molar-refractivity contribution >= 4 is 11.0 Å². The predicted molar refractivity (Wildman–Crippen MR) is 36.0 cm³/mol. The summed E-state index contributed by atoms with van der Waals surface area (Å²) in [5.74, 6) is 0. The quantitative estimate of drug-likeness (QED) is 0.506. The van der Waals surface area contributed by atoms with E-state index in [1.807, 2.05) is 18.2 Å². The number of hydrogen-bond donors (Lipinski definition) is 2. The van der Waals surface area contributed by atoms with E-state index in [2.05, 4.69) is 10.3 Å². The normalized spacial score (nSPS) is 10.4. The maximum atomic E-state index is 10.8. The lowest BCUT2D eigenvalue weighted by molar-refractivity contribution is -0.537. The van der Waals surface area contributed by atoms with Crippen LogP contribution in [0.25, 0.3) is 11.0 Å². The van der Waals surface area contributed by atoms with E-state index < -0.39 is 0 Å². The summed E-state index contributed by atoms with van der Waals surface area (Å²) in [5, 5.41) is 5.13. The van der Waals surface area contributed by atoms with Crippen LogP contribution in [-0.4, -0.2) is 10.3 Å². The highest BCUT2D eigenvalue weighted by molar-refractivity contribution is 5.69. The fourth-order valence-corrected chi connectivity index (χ4v) is 0.928. The molecular weight excluding hydrogens is 130 g/mol. The fraction of sp³-hybridized carbons (Fsp3) is 0. The number of para-hydroxylation sites is 2. The second-order valence-electron chi connectivity index (χ2n) is 2.05. The Balaban J connectivity index is 3.07. The van der Waals surface area contributed by atoms with Crippen molar-refractivity contribution in [1.82, 2.24) is 10.3 Å². The Morgan fingerprint density at radius 3 is 2.90 bits per heavy atom. The van der Waals surface area contributed by atoms with Gasteiger partial charge in [-0.15, -0.1) is 0 Å². The van der Waals surface area contributed by atoms with Gasteiger partial charge in [-0.25, -0.2) is 0 Å². The molecule has 2 rings (SSSR count). The molecule has 0 bridgehead atoms. The molecule has 4 nitrogen and oxygen atoms in total. The van der Waals surface area contributed by atoms with Crippen LogP contribution >= 0.6 is 0 Å². The Labute approximate surface area is 56.1 Å². The molecule has 2 aromatic rings. The molecule has 4 heteroatoms. The molecule has 0 amide bonds. The molecule has 1 heterocycles. The number of aromatic amines is 2. The van der Waals surface area contributed by atoms with E-state index in [-0.39, 0.29) is 0 Å². The van der Waals surface area contributed by atoms with Crippen LogP contribution in [0.5, 0.6) is 0 Å². The minimum atomic E-state index is 0.627. The number of rotatable bonds is 0. The van der Waals surface area contributed by atoms with Crippen molar-refractivity contribution in [2.75, 3.05) is 0 Å². The number of H-pyrrole nitrogens is 2. The van der Waals surface area contributed by atoms with E-state index in [0.29, 0.717) is 10.1 Å². The number of nitrogens with zero attached hydrogens (tertiary/aromatic N) is 1. The van der Waals surface area contributed by atoms with Crippen LogP contribution in [0.3, 0.4) is 0 Å². The zero-order chi connectivity index (χ0) is 6.97. The first-order valence-corrected chi connectivity index (χ1v) is 2.96. The average Bonchev–Trinajstić information content (AvgIpc) is 2.34. The smallest absolute Gasteiger partial charge is 0.169 e. The fourth-order valence-electron chi connectivity index (χ4n) is 0.928. The summed E-state index contributed by atoms with van der Waals surface area (Å²) in [7, 11) is 0. The first-order chi connectivity index (χ1) is 4.88. The molecule has 1 aromatic carbocycles. The van der Waals surface area contributed by atoms with Crippen LogP contribution in [-0.2, 0) is 0 Å². The van der Waals surface area contributed by atoms with E-state index in [4.69, 9.17) is 0 Å². The van der Waals surface area contributed by atoms with E-state index >= 15 is 0 Å². The van der Waals surface area contributed by atoms with Crippen molar-refractivity contribution in [3.8, 4) is 0 Å². The maximum absolute atomic E-state index is 10.8. The Morgan fingerprint density at radius 1 is 1.30 bits per heavy atom. The molecule has 0 aliphatic rings. The van der Waals surface area contributed by atoms with Crippen molar-refractivity contribution in [3.63, 3.8) is 0 Å². The van der Waals surface area contributed by atoms with Gasteiger partial charge in [0.05, 0.1) is 4.54 Å². The van der Waals surface area contributed by atoms with Crippen molar-refractivity contribution < 1.29 is 4.54 Å². The summed E-state index contributed by atoms with van der Waals surface area (Å²) < 4.78 is 0.690. The van der Waals surface area contributed by atoms with Gasteiger partial charge in [-0.05, 0) is 17.0 Å². The van der Waals surface area contributed by atoms with Gasteiger partial charge in [0.2, 0.25) is 5.52 Å². The van der Waals surface area contributed by atoms with Gasteiger partial charge in [-0.2, -0.15) is 5.10 Å². The molecule has 0 aliphatic heterocycles. The van der Waals surface area contributed by atoms with Gasteiger partial charge < -0.3 is 0 Å². The molecule has 50 valence electrons. The lowest BCUT2D eigenvalue weighted by atomic mass is 10.3. The van der Waals surface area contributed by atoms with Gasteiger partial charge in [-0.1, -0.05) is 17.3 Å². The Morgan fingerprint density at radius 2 is 2.10 bits per heavy atom. The van der Waals surface area contributed by atoms with Gasteiger partial charge >= 0.3 is 0 Å². The number of aromatic nitrogens is 3. The Bertz CT molecular complexity index is 400.